The van der Waals surface area contributed by atoms with Crippen molar-refractivity contribution in [3.63, 3.8) is 0 Å². The molecule has 0 spiro atoms. The van der Waals surface area contributed by atoms with Gasteiger partial charge in [0, 0.05) is 47.3 Å². The molecular weight excluding hydrogens is 977 g/mol. The number of aliphatic hydroxyl groups excluding tert-OH is 1. The van der Waals surface area contributed by atoms with Gasteiger partial charge in [0.25, 0.3) is 0 Å². The topological polar surface area (TPSA) is 119 Å². The van der Waals surface area contributed by atoms with Gasteiger partial charge in [-0.15, -0.1) is 0 Å². The zero-order chi connectivity index (χ0) is 56.9. The van der Waals surface area contributed by atoms with E-state index in [-0.39, 0.29) is 70.0 Å². The first-order valence-electron chi connectivity index (χ1n) is 28.9. The number of ketones is 1. The number of ether oxygens (including phenoxy) is 3. The summed E-state index contributed by atoms with van der Waals surface area (Å²) in [6.07, 6.45) is 12.1. The zero-order valence-electron chi connectivity index (χ0n) is 51.8. The van der Waals surface area contributed by atoms with E-state index in [0.29, 0.717) is 11.1 Å². The van der Waals surface area contributed by atoms with Crippen LogP contribution in [0.25, 0.3) is 0 Å². The Morgan fingerprint density at radius 2 is 1.38 bits per heavy atom. The van der Waals surface area contributed by atoms with E-state index in [1.165, 1.54) is 12.7 Å². The van der Waals surface area contributed by atoms with Crippen LogP contribution in [0.1, 0.15) is 179 Å². The van der Waals surface area contributed by atoms with Crippen molar-refractivity contribution < 1.29 is 46.6 Å². The molecule has 0 unspecified atom stereocenters. The van der Waals surface area contributed by atoms with Crippen LogP contribution >= 0.6 is 0 Å². The van der Waals surface area contributed by atoms with Gasteiger partial charge >= 0.3 is 14.5 Å². The number of hydrogen-bond acceptors (Lipinski definition) is 10. The molecule has 0 bridgehead atoms. The fourth-order valence-electron chi connectivity index (χ4n) is 12.7. The van der Waals surface area contributed by atoms with Crippen molar-refractivity contribution in [3.8, 4) is 0 Å². The highest BCUT2D eigenvalue weighted by atomic mass is 28.4. The summed E-state index contributed by atoms with van der Waals surface area (Å²) in [7, 11) is -4.36. The lowest BCUT2D eigenvalue weighted by atomic mass is 9.79. The smallest absolute Gasteiger partial charge is 0.373 e. The van der Waals surface area contributed by atoms with Gasteiger partial charge in [0.1, 0.15) is 18.0 Å². The first kappa shape index (κ1) is 68.2. The average Bonchev–Trinajstić information content (AvgIpc) is 3.32. The molecule has 428 valence electrons. The second kappa shape index (κ2) is 29.3. The average molecular weight is 1090 g/mol. The molecule has 0 saturated carbocycles. The Balaban J connectivity index is 2.86. The Morgan fingerprint density at radius 3 is 1.82 bits per heavy atom. The second-order valence-electron chi connectivity index (χ2n) is 25.3. The Labute approximate surface area is 457 Å². The van der Waals surface area contributed by atoms with Gasteiger partial charge in [-0.3, -0.25) is 4.79 Å². The molecule has 13 heteroatoms. The Hall–Kier alpha value is -1.95. The van der Waals surface area contributed by atoms with Crippen LogP contribution in [0.3, 0.4) is 0 Å². The van der Waals surface area contributed by atoms with E-state index >= 15 is 0 Å². The van der Waals surface area contributed by atoms with E-state index in [0.717, 1.165) is 42.6 Å². The van der Waals surface area contributed by atoms with E-state index in [1.54, 1.807) is 20.1 Å². The molecular formula is C61H112O10Si3. The highest BCUT2D eigenvalue weighted by molar-refractivity contribution is 6.75. The fourth-order valence-corrected chi connectivity index (χ4v) is 25.1. The zero-order valence-corrected chi connectivity index (χ0v) is 54.8. The quantitative estimate of drug-likeness (QED) is 0.0717. The Morgan fingerprint density at radius 1 is 0.851 bits per heavy atom. The molecule has 0 aromatic rings. The summed E-state index contributed by atoms with van der Waals surface area (Å²) < 4.78 is 48.1. The van der Waals surface area contributed by atoms with Gasteiger partial charge in [0.05, 0.1) is 37.6 Å². The number of carbonyl (C=O) groups excluding carboxylic acids is 2. The molecule has 2 aliphatic heterocycles. The molecule has 1 saturated heterocycles. The first-order valence-corrected chi connectivity index (χ1v) is 35.5. The lowest BCUT2D eigenvalue weighted by molar-refractivity contribution is -0.162. The summed E-state index contributed by atoms with van der Waals surface area (Å²) in [4.78, 5) is 29.1. The van der Waals surface area contributed by atoms with Gasteiger partial charge in [-0.25, -0.2) is 4.79 Å². The summed E-state index contributed by atoms with van der Waals surface area (Å²) in [5, 5.41) is 11.7. The van der Waals surface area contributed by atoms with Crippen molar-refractivity contribution in [2.75, 3.05) is 14.2 Å². The predicted octanol–water partition coefficient (Wildman–Crippen LogP) is 15.8. The van der Waals surface area contributed by atoms with Crippen LogP contribution in [0.2, 0.25) is 45.3 Å². The monoisotopic (exact) mass is 1090 g/mol. The van der Waals surface area contributed by atoms with Crippen LogP contribution in [-0.4, -0.2) is 99.0 Å². The number of cyclic esters (lactones) is 1. The minimum Gasteiger partial charge on any atom is -0.490 e. The van der Waals surface area contributed by atoms with Crippen molar-refractivity contribution in [2.24, 2.45) is 35.5 Å². The van der Waals surface area contributed by atoms with E-state index < -0.39 is 67.4 Å². The molecule has 1 N–H and O–H groups in total. The maximum absolute atomic E-state index is 14.6. The van der Waals surface area contributed by atoms with E-state index in [2.05, 4.69) is 150 Å². The van der Waals surface area contributed by atoms with E-state index in [1.807, 2.05) is 39.0 Å². The lowest BCUT2D eigenvalue weighted by Crippen LogP contribution is -2.65. The minimum absolute atomic E-state index is 0.0232. The fraction of sp³-hybridized carbons (Fsp3) is 0.803. The van der Waals surface area contributed by atoms with Gasteiger partial charge in [0.2, 0.25) is 5.76 Å². The molecule has 0 amide bonds. The highest BCUT2D eigenvalue weighted by Gasteiger charge is 2.63. The number of allylic oxidation sites excluding steroid dienone is 6. The number of Topliss-reactive ketones (excluding diaryl/α,β-unsaturated/α-hetero) is 1. The molecule has 2 rings (SSSR count). The van der Waals surface area contributed by atoms with Gasteiger partial charge in [0.15, 0.2) is 16.6 Å². The van der Waals surface area contributed by atoms with Gasteiger partial charge in [-0.1, -0.05) is 186 Å². The standard InChI is InChI=1S/C61H112O10Si3/c1-26-33-51-47(16)53(69-74(68-51,60(18,19)20)61(21,22)23)39-50(62)46(15)55(63)48(17)58-52(65-24)35-32-34-42(11)36-44(13)56(70-72(28-3,29-4)40(7)8)49(27-2)57(71-73(30-5,31-6)41(9)10)45(14)37-43(12)38-54(66-25)59(64)67-58/h26,32-35,37-38,40-41,44-49,51-53,55-58,63H,27-31,36,39H2,1-25H3/b33-26+,35-32+,42-34+,43-37+,54-38-/t44-,45-,46-,47-,48+,49+,51-,52+,53-,55+,56+,57-,58-/m1/s1. The van der Waals surface area contributed by atoms with E-state index in [4.69, 9.17) is 31.9 Å². The van der Waals surface area contributed by atoms with Crippen molar-refractivity contribution in [1.82, 2.24) is 0 Å². The molecule has 1 fully saturated rings. The van der Waals surface area contributed by atoms with Crippen LogP contribution in [0, 0.1) is 35.5 Å². The van der Waals surface area contributed by atoms with Gasteiger partial charge in [-0.2, -0.15) is 0 Å². The van der Waals surface area contributed by atoms with Crippen LogP contribution in [0.5, 0.6) is 0 Å². The Kier molecular flexibility index (Phi) is 27.0. The second-order valence-corrected chi connectivity index (χ2v) is 39.8. The summed E-state index contributed by atoms with van der Waals surface area (Å²) in [5.41, 5.74) is 2.90. The number of hydrogen-bond donors (Lipinski definition) is 1. The molecule has 0 radical (unpaired) electrons. The third kappa shape index (κ3) is 16.3. The van der Waals surface area contributed by atoms with E-state index in [9.17, 15) is 14.7 Å². The van der Waals surface area contributed by atoms with Crippen LogP contribution in [0.15, 0.2) is 59.4 Å². The number of carbonyl (C=O) groups is 2. The molecule has 0 aromatic heterocycles. The number of rotatable bonds is 20. The minimum atomic E-state index is -2.99. The molecule has 10 nitrogen and oxygen atoms in total. The van der Waals surface area contributed by atoms with Crippen LogP contribution in [-0.2, 0) is 41.5 Å². The summed E-state index contributed by atoms with van der Waals surface area (Å²) >= 11 is 0. The summed E-state index contributed by atoms with van der Waals surface area (Å²) in [6.45, 7) is 50.4. The normalized spacial score (nSPS) is 31.5. The third-order valence-corrected chi connectivity index (χ3v) is 33.3. The number of esters is 1. The highest BCUT2D eigenvalue weighted by Crippen LogP contribution is 2.56. The molecule has 74 heavy (non-hydrogen) atoms. The predicted molar refractivity (Wildman–Crippen MR) is 315 cm³/mol. The number of aliphatic hydroxyl groups is 1. The molecule has 2 aliphatic rings. The van der Waals surface area contributed by atoms with Crippen molar-refractivity contribution in [2.45, 2.75) is 267 Å². The molecule has 0 aromatic carbocycles. The third-order valence-electron chi connectivity index (χ3n) is 17.7. The van der Waals surface area contributed by atoms with Crippen LogP contribution < -0.4 is 0 Å². The van der Waals surface area contributed by atoms with Crippen molar-refractivity contribution in [1.29, 1.82) is 0 Å². The SMILES string of the molecule is C/C=C/[C@H]1O[Si](C(C)(C)C)(C(C)(C)C)O[C@H](CC(=O)[C@@H](C)[C@H](O)[C@H](C)[C@H]2OC(=O)/C(OC)=C/C(C)=C/[C@@H](C)[C@@H](O[Si](CC)(CC)C(C)C)[C@@H](CC)[C@@H](O[Si](CC)(CC)C(C)C)[C@H](C)C/C(C)=C/C=C/[C@@H]2OC)[C@@H]1C. The molecule has 0 aliphatic carbocycles. The maximum Gasteiger partial charge on any atom is 0.373 e. The first-order chi connectivity index (χ1) is 34.3. The van der Waals surface area contributed by atoms with Crippen LogP contribution in [0.4, 0.5) is 0 Å². The van der Waals surface area contributed by atoms with Crippen molar-refractivity contribution >= 4 is 36.9 Å². The van der Waals surface area contributed by atoms with Gasteiger partial charge in [-0.05, 0) is 86.8 Å². The Bertz CT molecular complexity index is 1890. The largest absolute Gasteiger partial charge is 0.490 e. The van der Waals surface area contributed by atoms with Gasteiger partial charge < -0.3 is 37.0 Å². The summed E-state index contributed by atoms with van der Waals surface area (Å²) in [5.74, 6) is -2.21. The number of methoxy groups -OCH3 is 2. The lowest BCUT2D eigenvalue weighted by Gasteiger charge is -2.56. The van der Waals surface area contributed by atoms with Crippen molar-refractivity contribution in [3.05, 3.63) is 59.4 Å². The summed E-state index contributed by atoms with van der Waals surface area (Å²) in [6, 6.07) is 4.14. The maximum atomic E-state index is 14.6. The molecule has 13 atom stereocenters. The molecule has 2 heterocycles.